The summed E-state index contributed by atoms with van der Waals surface area (Å²) in [4.78, 5) is 0. The topological polar surface area (TPSA) is 0 Å². The molecule has 0 aliphatic carbocycles. The summed E-state index contributed by atoms with van der Waals surface area (Å²) in [5.74, 6) is 0. The maximum Gasteiger partial charge on any atom is -0.0445 e. The van der Waals surface area contributed by atoms with Crippen molar-refractivity contribution in [1.29, 1.82) is 0 Å². The van der Waals surface area contributed by atoms with Gasteiger partial charge in [-0.25, -0.2) is 0 Å². The highest BCUT2D eigenvalue weighted by Gasteiger charge is 1.52. The molecule has 0 aromatic carbocycles. The Hall–Kier alpha value is -1.04. The summed E-state index contributed by atoms with van der Waals surface area (Å²) in [5, 5.41) is 0. The molecule has 0 fully saturated rings. The van der Waals surface area contributed by atoms with Crippen molar-refractivity contribution in [1.82, 2.24) is 0 Å². The van der Waals surface area contributed by atoms with Gasteiger partial charge >= 0.3 is 0 Å². The van der Waals surface area contributed by atoms with E-state index in [9.17, 15) is 0 Å². The Kier molecular flexibility index (Phi) is 23.6. The SMILES string of the molecule is C=C(C)C.C=C(C)C.C=CC=C. The van der Waals surface area contributed by atoms with Gasteiger partial charge in [-0.1, -0.05) is 36.5 Å². The van der Waals surface area contributed by atoms with Crippen LogP contribution in [0.25, 0.3) is 0 Å². The minimum absolute atomic E-state index is 1.17. The fraction of sp³-hybridized carbons (Fsp3) is 0.333. The molecule has 0 saturated carbocycles. The van der Waals surface area contributed by atoms with E-state index in [4.69, 9.17) is 0 Å². The Labute approximate surface area is 78.0 Å². The fourth-order valence-electron chi connectivity index (χ4n) is 0. The predicted octanol–water partition coefficient (Wildman–Crippen LogP) is 4.52. The molecule has 0 radical (unpaired) electrons. The molecule has 0 aliphatic heterocycles. The number of hydrogen-bond acceptors (Lipinski definition) is 0. The lowest BCUT2D eigenvalue weighted by Crippen LogP contribution is -1.43. The Balaban J connectivity index is -0.000000101. The molecule has 0 atom stereocenters. The Morgan fingerprint density at radius 2 is 0.833 bits per heavy atom. The maximum absolute atomic E-state index is 3.56. The van der Waals surface area contributed by atoms with Crippen LogP contribution in [0.3, 0.4) is 0 Å². The monoisotopic (exact) mass is 166 g/mol. The predicted molar refractivity (Wildman–Crippen MR) is 61.4 cm³/mol. The van der Waals surface area contributed by atoms with Crippen molar-refractivity contribution in [2.24, 2.45) is 0 Å². The van der Waals surface area contributed by atoms with E-state index in [1.807, 2.05) is 27.7 Å². The third-order valence-corrected chi connectivity index (χ3v) is 0.167. The van der Waals surface area contributed by atoms with Gasteiger partial charge in [-0.3, -0.25) is 0 Å². The van der Waals surface area contributed by atoms with E-state index < -0.39 is 0 Å². The molecule has 0 unspecified atom stereocenters. The molecule has 0 amide bonds. The first kappa shape index (κ1) is 17.2. The summed E-state index contributed by atoms with van der Waals surface area (Å²) < 4.78 is 0. The molecule has 0 nitrogen and oxygen atoms in total. The number of allylic oxidation sites excluding steroid dienone is 4. The summed E-state index contributed by atoms with van der Waals surface area (Å²) in [7, 11) is 0. The van der Waals surface area contributed by atoms with Gasteiger partial charge in [0.05, 0.1) is 0 Å². The lowest BCUT2D eigenvalue weighted by atomic mass is 10.4. The Morgan fingerprint density at radius 3 is 0.833 bits per heavy atom. The van der Waals surface area contributed by atoms with Crippen molar-refractivity contribution < 1.29 is 0 Å². The lowest BCUT2D eigenvalue weighted by molar-refractivity contribution is 1.42. The van der Waals surface area contributed by atoms with Crippen LogP contribution < -0.4 is 0 Å². The van der Waals surface area contributed by atoms with Crippen molar-refractivity contribution in [3.63, 3.8) is 0 Å². The van der Waals surface area contributed by atoms with Gasteiger partial charge in [-0.05, 0) is 27.7 Å². The van der Waals surface area contributed by atoms with E-state index in [1.165, 1.54) is 11.1 Å². The zero-order chi connectivity index (χ0) is 10.6. The maximum atomic E-state index is 3.56. The van der Waals surface area contributed by atoms with Crippen LogP contribution in [-0.4, -0.2) is 0 Å². The second-order valence-electron chi connectivity index (χ2n) is 2.89. The molecule has 12 heavy (non-hydrogen) atoms. The first-order valence-corrected chi connectivity index (χ1v) is 3.86. The minimum Gasteiger partial charge on any atom is -0.100 e. The second kappa shape index (κ2) is 16.5. The first-order chi connectivity index (χ1) is 5.38. The van der Waals surface area contributed by atoms with Gasteiger partial charge in [0.2, 0.25) is 0 Å². The third-order valence-electron chi connectivity index (χ3n) is 0.167. The molecule has 0 aromatic heterocycles. The smallest absolute Gasteiger partial charge is 0.0445 e. The molecule has 0 rings (SSSR count). The van der Waals surface area contributed by atoms with E-state index >= 15 is 0 Å². The molecule has 0 heterocycles. The summed E-state index contributed by atoms with van der Waals surface area (Å²) >= 11 is 0. The van der Waals surface area contributed by atoms with E-state index in [0.29, 0.717) is 0 Å². The van der Waals surface area contributed by atoms with Crippen LogP contribution in [0.15, 0.2) is 49.6 Å². The van der Waals surface area contributed by atoms with Crippen molar-refractivity contribution in [2.75, 3.05) is 0 Å². The molecule has 70 valence electrons. The molecular weight excluding hydrogens is 144 g/mol. The summed E-state index contributed by atoms with van der Waals surface area (Å²) in [6.45, 7) is 21.7. The minimum atomic E-state index is 1.17. The normalized spacial score (nSPS) is 6.00. The summed E-state index contributed by atoms with van der Waals surface area (Å²) in [5.41, 5.74) is 2.33. The standard InChI is InChI=1S/2C4H8.C4H6/c2*1-4(2)3;1-3-4-2/h2*1H2,2-3H3;3-4H,1-2H2. The van der Waals surface area contributed by atoms with E-state index in [-0.39, 0.29) is 0 Å². The van der Waals surface area contributed by atoms with Crippen LogP contribution in [0.4, 0.5) is 0 Å². The van der Waals surface area contributed by atoms with Gasteiger partial charge in [0, 0.05) is 0 Å². The molecule has 0 spiro atoms. The Morgan fingerprint density at radius 1 is 0.750 bits per heavy atom. The van der Waals surface area contributed by atoms with E-state index in [2.05, 4.69) is 26.3 Å². The van der Waals surface area contributed by atoms with Gasteiger partial charge < -0.3 is 0 Å². The van der Waals surface area contributed by atoms with Crippen molar-refractivity contribution in [3.05, 3.63) is 49.6 Å². The van der Waals surface area contributed by atoms with Crippen LogP contribution in [0, 0.1) is 0 Å². The second-order valence-corrected chi connectivity index (χ2v) is 2.89. The first-order valence-electron chi connectivity index (χ1n) is 3.86. The molecular formula is C12H22. The van der Waals surface area contributed by atoms with Gasteiger partial charge in [0.25, 0.3) is 0 Å². The van der Waals surface area contributed by atoms with Gasteiger partial charge in [0.1, 0.15) is 0 Å². The molecule has 0 aromatic rings. The average molecular weight is 166 g/mol. The van der Waals surface area contributed by atoms with Crippen LogP contribution in [0.1, 0.15) is 27.7 Å². The van der Waals surface area contributed by atoms with Crippen LogP contribution >= 0.6 is 0 Å². The molecule has 0 heteroatoms. The molecule has 0 aliphatic rings. The van der Waals surface area contributed by atoms with Crippen molar-refractivity contribution in [2.45, 2.75) is 27.7 Å². The fourth-order valence-corrected chi connectivity index (χ4v) is 0. The highest BCUT2D eigenvalue weighted by atomic mass is 13.6. The highest BCUT2D eigenvalue weighted by molar-refractivity contribution is 4.88. The van der Waals surface area contributed by atoms with Crippen molar-refractivity contribution in [3.8, 4) is 0 Å². The molecule has 0 saturated heterocycles. The largest absolute Gasteiger partial charge is 0.100 e. The highest BCUT2D eigenvalue weighted by Crippen LogP contribution is 1.74. The quantitative estimate of drug-likeness (QED) is 0.397. The summed E-state index contributed by atoms with van der Waals surface area (Å²) in [6.07, 6.45) is 3.28. The average Bonchev–Trinajstić information content (AvgIpc) is 1.85. The van der Waals surface area contributed by atoms with Crippen molar-refractivity contribution >= 4 is 0 Å². The number of hydrogen-bond donors (Lipinski definition) is 0. The van der Waals surface area contributed by atoms with Gasteiger partial charge in [-0.2, -0.15) is 0 Å². The van der Waals surface area contributed by atoms with Gasteiger partial charge in [0.15, 0.2) is 0 Å². The molecule has 0 bridgehead atoms. The van der Waals surface area contributed by atoms with Crippen LogP contribution in [-0.2, 0) is 0 Å². The Bertz CT molecular complexity index is 112. The zero-order valence-electron chi connectivity index (χ0n) is 8.98. The van der Waals surface area contributed by atoms with Gasteiger partial charge in [-0.15, -0.1) is 13.2 Å². The van der Waals surface area contributed by atoms with E-state index in [0.717, 1.165) is 0 Å². The zero-order valence-corrected chi connectivity index (χ0v) is 8.98. The van der Waals surface area contributed by atoms with Crippen LogP contribution in [0.5, 0.6) is 0 Å². The van der Waals surface area contributed by atoms with E-state index in [1.54, 1.807) is 12.2 Å². The summed E-state index contributed by atoms with van der Waals surface area (Å²) in [6, 6.07) is 0. The molecule has 0 N–H and O–H groups in total. The van der Waals surface area contributed by atoms with Crippen LogP contribution in [0.2, 0.25) is 0 Å². The lowest BCUT2D eigenvalue weighted by Gasteiger charge is -1.65. The third kappa shape index (κ3) is 355000. The number of rotatable bonds is 1.